The summed E-state index contributed by atoms with van der Waals surface area (Å²) >= 11 is 0. The minimum atomic E-state index is 0.172. The Morgan fingerprint density at radius 2 is 1.93 bits per heavy atom. The second-order valence-electron chi connectivity index (χ2n) is 3.67. The molecule has 0 spiro atoms. The fraction of sp³-hybridized carbons (Fsp3) is 0.364. The van der Waals surface area contributed by atoms with Gasteiger partial charge in [-0.25, -0.2) is 10.0 Å². The number of carbonyl (C=O) groups is 1. The Bertz CT molecular complexity index is 336. The molecule has 1 aromatic rings. The van der Waals surface area contributed by atoms with Crippen molar-refractivity contribution in [3.8, 4) is 0 Å². The van der Waals surface area contributed by atoms with Crippen LogP contribution in [0.5, 0.6) is 0 Å². The van der Waals surface area contributed by atoms with Crippen LogP contribution in [0.4, 0.5) is 5.69 Å². The first kappa shape index (κ1) is 9.21. The smallest absolute Gasteiger partial charge is 0.243 e. The van der Waals surface area contributed by atoms with E-state index in [-0.39, 0.29) is 5.91 Å². The van der Waals surface area contributed by atoms with Gasteiger partial charge in [-0.2, -0.15) is 0 Å². The van der Waals surface area contributed by atoms with E-state index < -0.39 is 0 Å². The zero-order valence-electron chi connectivity index (χ0n) is 8.47. The highest BCUT2D eigenvalue weighted by atomic mass is 16.2. The molecule has 0 aromatic heterocycles. The van der Waals surface area contributed by atoms with E-state index in [2.05, 4.69) is 6.92 Å². The summed E-state index contributed by atoms with van der Waals surface area (Å²) in [6, 6.07) is 10.0. The predicted molar refractivity (Wildman–Crippen MR) is 55.8 cm³/mol. The molecule has 0 bridgehead atoms. The molecule has 1 saturated heterocycles. The number of anilines is 1. The van der Waals surface area contributed by atoms with Gasteiger partial charge in [0.05, 0.1) is 5.69 Å². The van der Waals surface area contributed by atoms with Gasteiger partial charge in [0.25, 0.3) is 0 Å². The van der Waals surface area contributed by atoms with Crippen molar-refractivity contribution in [1.82, 2.24) is 5.01 Å². The summed E-state index contributed by atoms with van der Waals surface area (Å²) in [5.74, 6) is 0.172. The van der Waals surface area contributed by atoms with Gasteiger partial charge in [-0.3, -0.25) is 4.79 Å². The van der Waals surface area contributed by atoms with E-state index in [0.717, 1.165) is 5.69 Å². The third-order valence-corrected chi connectivity index (χ3v) is 2.66. The summed E-state index contributed by atoms with van der Waals surface area (Å²) in [4.78, 5) is 11.7. The van der Waals surface area contributed by atoms with E-state index in [9.17, 15) is 4.79 Å². The minimum absolute atomic E-state index is 0.172. The molecule has 14 heavy (non-hydrogen) atoms. The molecule has 1 amide bonds. The highest BCUT2D eigenvalue weighted by Crippen LogP contribution is 2.24. The normalized spacial score (nSPS) is 23.1. The number of amides is 1. The predicted octanol–water partition coefficient (Wildman–Crippen LogP) is 1.66. The lowest BCUT2D eigenvalue weighted by atomic mass is 10.2. The molecule has 3 nitrogen and oxygen atoms in total. The summed E-state index contributed by atoms with van der Waals surface area (Å²) in [5.41, 5.74) is 0.948. The van der Waals surface area contributed by atoms with Crippen LogP contribution in [0.2, 0.25) is 0 Å². The maximum atomic E-state index is 11.7. The Kier molecular flexibility index (Phi) is 2.25. The highest BCUT2D eigenvalue weighted by molar-refractivity contribution is 5.94. The highest BCUT2D eigenvalue weighted by Gasteiger charge is 2.32. The number of rotatable bonds is 1. The Labute approximate surface area is 83.9 Å². The zero-order chi connectivity index (χ0) is 10.1. The molecule has 1 atom stereocenters. The number of carbonyl (C=O) groups excluding carboxylic acids is 1. The first-order valence-electron chi connectivity index (χ1n) is 4.81. The fourth-order valence-electron chi connectivity index (χ4n) is 1.74. The van der Waals surface area contributed by atoms with E-state index in [0.29, 0.717) is 12.5 Å². The van der Waals surface area contributed by atoms with Crippen molar-refractivity contribution in [2.75, 3.05) is 12.1 Å². The van der Waals surface area contributed by atoms with Crippen LogP contribution in [0.15, 0.2) is 30.3 Å². The second kappa shape index (κ2) is 3.42. The van der Waals surface area contributed by atoms with Crippen molar-refractivity contribution in [3.05, 3.63) is 30.3 Å². The molecular formula is C11H14N2O. The van der Waals surface area contributed by atoms with Gasteiger partial charge >= 0.3 is 0 Å². The van der Waals surface area contributed by atoms with Crippen LogP contribution >= 0.6 is 0 Å². The van der Waals surface area contributed by atoms with Crippen molar-refractivity contribution in [3.63, 3.8) is 0 Å². The largest absolute Gasteiger partial charge is 0.273 e. The average Bonchev–Trinajstić information content (AvgIpc) is 2.43. The average molecular weight is 190 g/mol. The fourth-order valence-corrected chi connectivity index (χ4v) is 1.74. The number of nitrogens with zero attached hydrogens (tertiary/aromatic N) is 2. The van der Waals surface area contributed by atoms with Crippen molar-refractivity contribution < 1.29 is 4.79 Å². The standard InChI is InChI=1S/C11H14N2O/c1-9-8-11(14)13(12(9)2)10-6-4-3-5-7-10/h3-7,9H,8H2,1-2H3. The van der Waals surface area contributed by atoms with Crippen LogP contribution in [0, 0.1) is 0 Å². The lowest BCUT2D eigenvalue weighted by Crippen LogP contribution is -2.38. The van der Waals surface area contributed by atoms with E-state index in [1.54, 1.807) is 5.01 Å². The van der Waals surface area contributed by atoms with Gasteiger partial charge in [-0.05, 0) is 19.1 Å². The molecular weight excluding hydrogens is 176 g/mol. The van der Waals surface area contributed by atoms with Crippen LogP contribution in [0.3, 0.4) is 0 Å². The third-order valence-electron chi connectivity index (χ3n) is 2.66. The molecule has 0 N–H and O–H groups in total. The van der Waals surface area contributed by atoms with Gasteiger partial charge in [0, 0.05) is 19.5 Å². The molecule has 3 heteroatoms. The van der Waals surface area contributed by atoms with Gasteiger partial charge in [0.1, 0.15) is 0 Å². The van der Waals surface area contributed by atoms with Crippen LogP contribution < -0.4 is 5.01 Å². The van der Waals surface area contributed by atoms with Gasteiger partial charge in [-0.1, -0.05) is 18.2 Å². The maximum absolute atomic E-state index is 11.7. The molecule has 2 rings (SSSR count). The topological polar surface area (TPSA) is 23.6 Å². The van der Waals surface area contributed by atoms with Crippen molar-refractivity contribution in [2.45, 2.75) is 19.4 Å². The van der Waals surface area contributed by atoms with Crippen molar-refractivity contribution >= 4 is 11.6 Å². The lowest BCUT2D eigenvalue weighted by molar-refractivity contribution is -0.117. The van der Waals surface area contributed by atoms with Crippen molar-refractivity contribution in [2.24, 2.45) is 0 Å². The van der Waals surface area contributed by atoms with Crippen LogP contribution in [0.1, 0.15) is 13.3 Å². The number of benzene rings is 1. The first-order valence-corrected chi connectivity index (χ1v) is 4.81. The first-order chi connectivity index (χ1) is 6.70. The molecule has 1 unspecified atom stereocenters. The van der Waals surface area contributed by atoms with Gasteiger partial charge in [-0.15, -0.1) is 0 Å². The molecule has 1 fully saturated rings. The van der Waals surface area contributed by atoms with Crippen LogP contribution in [0.25, 0.3) is 0 Å². The van der Waals surface area contributed by atoms with Gasteiger partial charge < -0.3 is 0 Å². The Morgan fingerprint density at radius 1 is 1.29 bits per heavy atom. The SMILES string of the molecule is CC1CC(=O)N(c2ccccc2)N1C. The summed E-state index contributed by atoms with van der Waals surface area (Å²) < 4.78 is 0. The molecule has 1 aromatic carbocycles. The molecule has 1 aliphatic heterocycles. The third kappa shape index (κ3) is 1.40. The molecule has 1 aliphatic rings. The Balaban J connectivity index is 2.31. The maximum Gasteiger partial charge on any atom is 0.243 e. The molecule has 74 valence electrons. The Morgan fingerprint density at radius 3 is 2.43 bits per heavy atom. The summed E-state index contributed by atoms with van der Waals surface area (Å²) in [5, 5.41) is 3.72. The van der Waals surface area contributed by atoms with E-state index in [4.69, 9.17) is 0 Å². The number of hydrogen-bond donors (Lipinski definition) is 0. The van der Waals surface area contributed by atoms with E-state index in [1.165, 1.54) is 0 Å². The number of hydrogen-bond acceptors (Lipinski definition) is 2. The zero-order valence-corrected chi connectivity index (χ0v) is 8.47. The lowest BCUT2D eigenvalue weighted by Gasteiger charge is -2.26. The van der Waals surface area contributed by atoms with Gasteiger partial charge in [0.2, 0.25) is 5.91 Å². The van der Waals surface area contributed by atoms with E-state index in [1.807, 2.05) is 42.4 Å². The monoisotopic (exact) mass is 190 g/mol. The quantitative estimate of drug-likeness (QED) is 0.672. The Hall–Kier alpha value is -1.35. The second-order valence-corrected chi connectivity index (χ2v) is 3.67. The molecule has 0 radical (unpaired) electrons. The van der Waals surface area contributed by atoms with Crippen LogP contribution in [-0.4, -0.2) is 24.0 Å². The molecule has 0 aliphatic carbocycles. The van der Waals surface area contributed by atoms with Crippen LogP contribution in [-0.2, 0) is 4.79 Å². The summed E-state index contributed by atoms with van der Waals surface area (Å²) in [6.45, 7) is 2.06. The van der Waals surface area contributed by atoms with Crippen molar-refractivity contribution in [1.29, 1.82) is 0 Å². The molecule has 1 heterocycles. The number of hydrazine groups is 1. The molecule has 0 saturated carbocycles. The number of para-hydroxylation sites is 1. The van der Waals surface area contributed by atoms with E-state index >= 15 is 0 Å². The minimum Gasteiger partial charge on any atom is -0.273 e. The summed E-state index contributed by atoms with van der Waals surface area (Å²) in [7, 11) is 1.95. The van der Waals surface area contributed by atoms with Gasteiger partial charge in [0.15, 0.2) is 0 Å². The summed E-state index contributed by atoms with van der Waals surface area (Å²) in [6.07, 6.45) is 0.603.